The van der Waals surface area contributed by atoms with E-state index in [0.29, 0.717) is 30.9 Å². The molecule has 0 aromatic heterocycles. The molecule has 5 nitrogen and oxygen atoms in total. The molecule has 0 fully saturated rings. The molecule has 0 aliphatic carbocycles. The standard InChI is InChI=1S/C18H24N2O3/c1-13-12-19-17(22)18(2,3)10-6-7-11-23-15-9-5-4-8-14(15)16(21)20-13/h4-9,13H,10-12H2,1-3H3,(H,19,22)(H,20,21)/b7-6+/t13-/m0/s1. The molecule has 0 saturated heterocycles. The molecular weight excluding hydrogens is 292 g/mol. The van der Waals surface area contributed by atoms with Crippen molar-refractivity contribution in [2.24, 2.45) is 5.41 Å². The summed E-state index contributed by atoms with van der Waals surface area (Å²) in [6.45, 7) is 6.41. The zero-order chi connectivity index (χ0) is 16.9. The Bertz CT molecular complexity index is 608. The maximum absolute atomic E-state index is 12.4. The van der Waals surface area contributed by atoms with Crippen LogP contribution in [0, 0.1) is 5.41 Å². The highest BCUT2D eigenvalue weighted by Crippen LogP contribution is 2.22. The Balaban J connectivity index is 2.22. The number of nitrogens with one attached hydrogen (secondary N) is 2. The van der Waals surface area contributed by atoms with Gasteiger partial charge < -0.3 is 15.4 Å². The molecular formula is C18H24N2O3. The number of carbonyl (C=O) groups excluding carboxylic acids is 2. The lowest BCUT2D eigenvalue weighted by Gasteiger charge is -2.24. The predicted molar refractivity (Wildman–Crippen MR) is 89.4 cm³/mol. The number of fused-ring (bicyclic) bond motifs is 1. The highest BCUT2D eigenvalue weighted by molar-refractivity contribution is 5.97. The molecule has 0 unspecified atom stereocenters. The number of carbonyl (C=O) groups is 2. The van der Waals surface area contributed by atoms with Crippen LogP contribution in [0.15, 0.2) is 36.4 Å². The van der Waals surface area contributed by atoms with Gasteiger partial charge in [-0.1, -0.05) is 38.1 Å². The zero-order valence-corrected chi connectivity index (χ0v) is 13.9. The van der Waals surface area contributed by atoms with Crippen LogP contribution < -0.4 is 15.4 Å². The first kappa shape index (κ1) is 17.1. The zero-order valence-electron chi connectivity index (χ0n) is 13.9. The summed E-state index contributed by atoms with van der Waals surface area (Å²) in [5.74, 6) is 0.325. The second-order valence-electron chi connectivity index (χ2n) is 6.45. The highest BCUT2D eigenvalue weighted by Gasteiger charge is 2.26. The van der Waals surface area contributed by atoms with Crippen molar-refractivity contribution in [1.82, 2.24) is 10.6 Å². The summed E-state index contributed by atoms with van der Waals surface area (Å²) in [4.78, 5) is 24.6. The molecule has 1 aromatic rings. The van der Waals surface area contributed by atoms with Crippen molar-refractivity contribution in [3.8, 4) is 5.75 Å². The lowest BCUT2D eigenvalue weighted by atomic mass is 9.88. The Morgan fingerprint density at radius 2 is 1.91 bits per heavy atom. The summed E-state index contributed by atoms with van der Waals surface area (Å²) in [5, 5.41) is 5.79. The molecule has 1 aliphatic heterocycles. The largest absolute Gasteiger partial charge is 0.489 e. The fourth-order valence-electron chi connectivity index (χ4n) is 2.29. The molecule has 1 aromatic carbocycles. The number of hydrogen-bond donors (Lipinski definition) is 2. The number of ether oxygens (including phenoxy) is 1. The van der Waals surface area contributed by atoms with E-state index >= 15 is 0 Å². The molecule has 0 saturated carbocycles. The third-order valence-electron chi connectivity index (χ3n) is 3.82. The monoisotopic (exact) mass is 316 g/mol. The van der Waals surface area contributed by atoms with E-state index in [-0.39, 0.29) is 17.9 Å². The smallest absolute Gasteiger partial charge is 0.255 e. The Hall–Kier alpha value is -2.30. The Morgan fingerprint density at radius 3 is 2.70 bits per heavy atom. The van der Waals surface area contributed by atoms with Gasteiger partial charge in [-0.25, -0.2) is 0 Å². The number of hydrogen-bond acceptors (Lipinski definition) is 3. The first-order chi connectivity index (χ1) is 10.9. The van der Waals surface area contributed by atoms with Gasteiger partial charge in [0.2, 0.25) is 5.91 Å². The van der Waals surface area contributed by atoms with Gasteiger partial charge in [0.15, 0.2) is 0 Å². The molecule has 23 heavy (non-hydrogen) atoms. The minimum Gasteiger partial charge on any atom is -0.489 e. The average molecular weight is 316 g/mol. The summed E-state index contributed by atoms with van der Waals surface area (Å²) in [6, 6.07) is 6.98. The molecule has 1 heterocycles. The number of amides is 2. The van der Waals surface area contributed by atoms with Crippen molar-refractivity contribution in [3.63, 3.8) is 0 Å². The van der Waals surface area contributed by atoms with Crippen LogP contribution in [0.4, 0.5) is 0 Å². The maximum Gasteiger partial charge on any atom is 0.255 e. The molecule has 2 N–H and O–H groups in total. The molecule has 0 radical (unpaired) electrons. The molecule has 2 rings (SSSR count). The summed E-state index contributed by atoms with van der Waals surface area (Å²) >= 11 is 0. The van der Waals surface area contributed by atoms with Crippen LogP contribution in [0.3, 0.4) is 0 Å². The van der Waals surface area contributed by atoms with E-state index in [0.717, 1.165) is 0 Å². The number of para-hydroxylation sites is 1. The van der Waals surface area contributed by atoms with Crippen molar-refractivity contribution in [2.45, 2.75) is 33.2 Å². The fraction of sp³-hybridized carbons (Fsp3) is 0.444. The van der Waals surface area contributed by atoms with E-state index in [1.807, 2.05) is 39.0 Å². The first-order valence-electron chi connectivity index (χ1n) is 7.86. The second kappa shape index (κ2) is 7.31. The van der Waals surface area contributed by atoms with E-state index in [4.69, 9.17) is 4.74 Å². The fourth-order valence-corrected chi connectivity index (χ4v) is 2.29. The van der Waals surface area contributed by atoms with Crippen molar-refractivity contribution in [1.29, 1.82) is 0 Å². The van der Waals surface area contributed by atoms with Gasteiger partial charge in [0.1, 0.15) is 12.4 Å². The summed E-state index contributed by atoms with van der Waals surface area (Å²) in [5.41, 5.74) is -0.00104. The lowest BCUT2D eigenvalue weighted by molar-refractivity contribution is -0.129. The van der Waals surface area contributed by atoms with Crippen LogP contribution in [0.25, 0.3) is 0 Å². The normalized spacial score (nSPS) is 23.5. The number of allylic oxidation sites excluding steroid dienone is 1. The van der Waals surface area contributed by atoms with Crippen molar-refractivity contribution < 1.29 is 14.3 Å². The number of rotatable bonds is 0. The minimum atomic E-state index is -0.498. The van der Waals surface area contributed by atoms with Gasteiger partial charge in [-0.15, -0.1) is 0 Å². The van der Waals surface area contributed by atoms with Crippen LogP contribution in [0.5, 0.6) is 5.75 Å². The van der Waals surface area contributed by atoms with Crippen LogP contribution in [0.1, 0.15) is 37.6 Å². The third-order valence-corrected chi connectivity index (χ3v) is 3.82. The first-order valence-corrected chi connectivity index (χ1v) is 7.86. The maximum atomic E-state index is 12.4. The van der Waals surface area contributed by atoms with Gasteiger partial charge in [-0.2, -0.15) is 0 Å². The molecule has 5 heteroatoms. The van der Waals surface area contributed by atoms with Crippen molar-refractivity contribution in [2.75, 3.05) is 13.2 Å². The quantitative estimate of drug-likeness (QED) is 0.722. The minimum absolute atomic E-state index is 0.0263. The SMILES string of the molecule is C[C@H]1CNC(=O)C(C)(C)C/C=C/COc2ccccc2C(=O)N1. The number of benzene rings is 1. The molecule has 0 bridgehead atoms. The Labute approximate surface area is 137 Å². The van der Waals surface area contributed by atoms with E-state index in [1.165, 1.54) is 0 Å². The van der Waals surface area contributed by atoms with Gasteiger partial charge >= 0.3 is 0 Å². The Morgan fingerprint density at radius 1 is 1.17 bits per heavy atom. The predicted octanol–water partition coefficient (Wildman–Crippen LogP) is 2.29. The van der Waals surface area contributed by atoms with Crippen LogP contribution in [-0.2, 0) is 4.79 Å². The van der Waals surface area contributed by atoms with Crippen LogP contribution in [-0.4, -0.2) is 31.0 Å². The topological polar surface area (TPSA) is 67.4 Å². The van der Waals surface area contributed by atoms with E-state index < -0.39 is 5.41 Å². The van der Waals surface area contributed by atoms with E-state index in [9.17, 15) is 9.59 Å². The van der Waals surface area contributed by atoms with Crippen molar-refractivity contribution >= 4 is 11.8 Å². The van der Waals surface area contributed by atoms with Crippen LogP contribution in [0.2, 0.25) is 0 Å². The Kier molecular flexibility index (Phi) is 5.42. The van der Waals surface area contributed by atoms with Gasteiger partial charge in [0.25, 0.3) is 5.91 Å². The van der Waals surface area contributed by atoms with Crippen LogP contribution >= 0.6 is 0 Å². The van der Waals surface area contributed by atoms with Gasteiger partial charge in [-0.3, -0.25) is 9.59 Å². The molecule has 124 valence electrons. The van der Waals surface area contributed by atoms with Crippen molar-refractivity contribution in [3.05, 3.63) is 42.0 Å². The van der Waals surface area contributed by atoms with Gasteiger partial charge in [0, 0.05) is 18.0 Å². The molecule has 1 aliphatic rings. The lowest BCUT2D eigenvalue weighted by Crippen LogP contribution is -2.45. The summed E-state index contributed by atoms with van der Waals surface area (Å²) in [7, 11) is 0. The molecule has 2 amide bonds. The average Bonchev–Trinajstić information content (AvgIpc) is 2.51. The second-order valence-corrected chi connectivity index (χ2v) is 6.45. The molecule has 1 atom stereocenters. The third kappa shape index (κ3) is 4.58. The van der Waals surface area contributed by atoms with E-state index in [1.54, 1.807) is 18.2 Å². The van der Waals surface area contributed by atoms with E-state index in [2.05, 4.69) is 10.6 Å². The summed E-state index contributed by atoms with van der Waals surface area (Å²) in [6.07, 6.45) is 4.44. The highest BCUT2D eigenvalue weighted by atomic mass is 16.5. The molecule has 0 spiro atoms. The van der Waals surface area contributed by atoms with Gasteiger partial charge in [-0.05, 0) is 25.5 Å². The van der Waals surface area contributed by atoms with Gasteiger partial charge in [0.05, 0.1) is 5.56 Å². The summed E-state index contributed by atoms with van der Waals surface area (Å²) < 4.78 is 5.68.